The molecule has 0 amide bonds. The van der Waals surface area contributed by atoms with Gasteiger partial charge in [-0.15, -0.1) is 5.10 Å². The van der Waals surface area contributed by atoms with Gasteiger partial charge in [-0.1, -0.05) is 11.6 Å². The van der Waals surface area contributed by atoms with E-state index in [0.29, 0.717) is 28.7 Å². The molecule has 3 heterocycles. The van der Waals surface area contributed by atoms with E-state index in [4.69, 9.17) is 16.7 Å². The number of phenolic OH excluding ortho intramolecular Hbond substituents is 1. The zero-order chi connectivity index (χ0) is 18.1. The van der Waals surface area contributed by atoms with Gasteiger partial charge in [0.15, 0.2) is 5.65 Å². The second-order valence-corrected chi connectivity index (χ2v) is 6.07. The highest BCUT2D eigenvalue weighted by molar-refractivity contribution is 6.33. The summed E-state index contributed by atoms with van der Waals surface area (Å²) in [6, 6.07) is 8.49. The van der Waals surface area contributed by atoms with Crippen molar-refractivity contribution in [3.63, 3.8) is 0 Å². The van der Waals surface area contributed by atoms with Crippen molar-refractivity contribution in [1.29, 1.82) is 0 Å². The summed E-state index contributed by atoms with van der Waals surface area (Å²) in [4.78, 5) is 4.41. The lowest BCUT2D eigenvalue weighted by molar-refractivity contribution is 0.269. The SMILES string of the molecule is OCCn1cc(Nc2nc3ccc(-c4cc(O)ccc4Cl)cn3n2)cn1. The molecule has 4 rings (SSSR count). The molecule has 0 aliphatic rings. The molecule has 0 saturated carbocycles. The minimum absolute atomic E-state index is 0.0219. The van der Waals surface area contributed by atoms with Gasteiger partial charge in [-0.25, -0.2) is 4.52 Å². The number of anilines is 2. The molecular weight excluding hydrogens is 356 g/mol. The molecule has 3 N–H and O–H groups in total. The molecule has 26 heavy (non-hydrogen) atoms. The number of aliphatic hydroxyl groups excluding tert-OH is 1. The van der Waals surface area contributed by atoms with Crippen LogP contribution in [0.15, 0.2) is 48.9 Å². The topological polar surface area (TPSA) is 100 Å². The Morgan fingerprint density at radius 2 is 2.04 bits per heavy atom. The van der Waals surface area contributed by atoms with Gasteiger partial charge in [0.05, 0.1) is 25.0 Å². The van der Waals surface area contributed by atoms with Crippen molar-refractivity contribution in [3.8, 4) is 16.9 Å². The van der Waals surface area contributed by atoms with Crippen molar-refractivity contribution in [3.05, 3.63) is 53.9 Å². The van der Waals surface area contributed by atoms with Crippen LogP contribution in [-0.2, 0) is 6.54 Å². The average molecular weight is 371 g/mol. The molecule has 0 fully saturated rings. The molecule has 0 saturated heterocycles. The van der Waals surface area contributed by atoms with Crippen LogP contribution < -0.4 is 5.32 Å². The van der Waals surface area contributed by atoms with Crippen LogP contribution in [0.2, 0.25) is 5.02 Å². The van der Waals surface area contributed by atoms with Crippen LogP contribution in [0.1, 0.15) is 0 Å². The highest BCUT2D eigenvalue weighted by atomic mass is 35.5. The number of hydrogen-bond acceptors (Lipinski definition) is 6. The molecule has 8 nitrogen and oxygen atoms in total. The normalized spacial score (nSPS) is 11.2. The minimum Gasteiger partial charge on any atom is -0.508 e. The number of aromatic nitrogens is 5. The van der Waals surface area contributed by atoms with E-state index < -0.39 is 0 Å². The molecular formula is C17H15ClN6O2. The summed E-state index contributed by atoms with van der Waals surface area (Å²) >= 11 is 6.23. The quantitative estimate of drug-likeness (QED) is 0.499. The lowest BCUT2D eigenvalue weighted by atomic mass is 10.1. The molecule has 3 aromatic heterocycles. The van der Waals surface area contributed by atoms with Crippen LogP contribution in [0.3, 0.4) is 0 Å². The van der Waals surface area contributed by atoms with Crippen LogP contribution >= 0.6 is 11.6 Å². The Morgan fingerprint density at radius 3 is 2.88 bits per heavy atom. The number of aliphatic hydroxyl groups is 1. The lowest BCUT2D eigenvalue weighted by Crippen LogP contribution is -2.01. The first-order valence-electron chi connectivity index (χ1n) is 7.88. The number of nitrogens with one attached hydrogen (secondary N) is 1. The van der Waals surface area contributed by atoms with Crippen LogP contribution in [0.4, 0.5) is 11.6 Å². The second kappa shape index (κ2) is 6.66. The number of aromatic hydroxyl groups is 1. The van der Waals surface area contributed by atoms with Gasteiger partial charge in [0, 0.05) is 28.5 Å². The predicted octanol–water partition coefficient (Wildman–Crippen LogP) is 2.69. The summed E-state index contributed by atoms with van der Waals surface area (Å²) in [5.74, 6) is 0.568. The van der Waals surface area contributed by atoms with E-state index in [2.05, 4.69) is 20.5 Å². The van der Waals surface area contributed by atoms with Crippen molar-refractivity contribution >= 4 is 28.9 Å². The summed E-state index contributed by atoms with van der Waals surface area (Å²) in [6.07, 6.45) is 5.20. The molecule has 0 atom stereocenters. The van der Waals surface area contributed by atoms with Gasteiger partial charge in [0.25, 0.3) is 0 Å². The predicted molar refractivity (Wildman–Crippen MR) is 97.7 cm³/mol. The maximum absolute atomic E-state index is 9.69. The largest absolute Gasteiger partial charge is 0.508 e. The summed E-state index contributed by atoms with van der Waals surface area (Å²) in [6.45, 7) is 0.447. The highest BCUT2D eigenvalue weighted by Gasteiger charge is 2.09. The third-order valence-electron chi connectivity index (χ3n) is 3.81. The second-order valence-electron chi connectivity index (χ2n) is 5.66. The van der Waals surface area contributed by atoms with Gasteiger partial charge >= 0.3 is 0 Å². The first kappa shape index (κ1) is 16.4. The van der Waals surface area contributed by atoms with Gasteiger partial charge < -0.3 is 15.5 Å². The number of benzene rings is 1. The molecule has 4 aromatic rings. The van der Waals surface area contributed by atoms with Gasteiger partial charge in [0.2, 0.25) is 5.95 Å². The van der Waals surface area contributed by atoms with Gasteiger partial charge in [-0.2, -0.15) is 10.1 Å². The summed E-state index contributed by atoms with van der Waals surface area (Å²) in [5.41, 5.74) is 2.91. The maximum atomic E-state index is 9.69. The standard InChI is InChI=1S/C17H15ClN6O2/c18-15-3-2-13(26)7-14(15)11-1-4-16-21-17(22-24(16)9-11)20-12-8-19-23(10-12)5-6-25/h1-4,7-10,25-26H,5-6H2,(H,20,22). The van der Waals surface area contributed by atoms with Gasteiger partial charge in [-0.05, 0) is 30.3 Å². The molecule has 0 radical (unpaired) electrons. The lowest BCUT2D eigenvalue weighted by Gasteiger charge is -2.05. The van der Waals surface area contributed by atoms with E-state index in [1.54, 1.807) is 46.0 Å². The maximum Gasteiger partial charge on any atom is 0.247 e. The molecule has 0 aliphatic carbocycles. The Hall–Kier alpha value is -3.10. The molecule has 0 bridgehead atoms. The van der Waals surface area contributed by atoms with Crippen LogP contribution in [0, 0.1) is 0 Å². The van der Waals surface area contributed by atoms with E-state index in [-0.39, 0.29) is 12.4 Å². The molecule has 9 heteroatoms. The third-order valence-corrected chi connectivity index (χ3v) is 4.14. The van der Waals surface area contributed by atoms with Gasteiger partial charge in [-0.3, -0.25) is 4.68 Å². The van der Waals surface area contributed by atoms with E-state index in [9.17, 15) is 5.11 Å². The molecule has 0 unspecified atom stereocenters. The van der Waals surface area contributed by atoms with Crippen LogP contribution in [0.25, 0.3) is 16.8 Å². The Kier molecular flexibility index (Phi) is 4.19. The zero-order valence-electron chi connectivity index (χ0n) is 13.5. The van der Waals surface area contributed by atoms with Crippen molar-refractivity contribution in [2.45, 2.75) is 6.54 Å². The van der Waals surface area contributed by atoms with Crippen molar-refractivity contribution in [2.24, 2.45) is 0 Å². The summed E-state index contributed by atoms with van der Waals surface area (Å²) in [7, 11) is 0. The monoisotopic (exact) mass is 370 g/mol. The van der Waals surface area contributed by atoms with E-state index in [1.165, 1.54) is 0 Å². The molecule has 1 aromatic carbocycles. The Balaban J connectivity index is 1.64. The fraction of sp³-hybridized carbons (Fsp3) is 0.118. The van der Waals surface area contributed by atoms with Crippen molar-refractivity contribution < 1.29 is 10.2 Å². The number of hydrogen-bond donors (Lipinski definition) is 3. The zero-order valence-corrected chi connectivity index (χ0v) is 14.3. The van der Waals surface area contributed by atoms with Crippen molar-refractivity contribution in [1.82, 2.24) is 24.4 Å². The number of phenols is 1. The number of pyridine rings is 1. The number of fused-ring (bicyclic) bond motifs is 1. The minimum atomic E-state index is 0.0219. The number of rotatable bonds is 5. The smallest absolute Gasteiger partial charge is 0.247 e. The highest BCUT2D eigenvalue weighted by Crippen LogP contribution is 2.31. The fourth-order valence-corrected chi connectivity index (χ4v) is 2.84. The molecule has 0 spiro atoms. The molecule has 0 aliphatic heterocycles. The third kappa shape index (κ3) is 3.19. The van der Waals surface area contributed by atoms with Crippen molar-refractivity contribution in [2.75, 3.05) is 11.9 Å². The average Bonchev–Trinajstić information content (AvgIpc) is 3.23. The molecule has 132 valence electrons. The van der Waals surface area contributed by atoms with Gasteiger partial charge in [0.1, 0.15) is 5.75 Å². The fourth-order valence-electron chi connectivity index (χ4n) is 2.61. The Bertz CT molecular complexity index is 1070. The van der Waals surface area contributed by atoms with E-state index in [0.717, 1.165) is 11.3 Å². The first-order valence-corrected chi connectivity index (χ1v) is 8.26. The summed E-state index contributed by atoms with van der Waals surface area (Å²) < 4.78 is 3.26. The van der Waals surface area contributed by atoms with Crippen LogP contribution in [-0.4, -0.2) is 41.2 Å². The van der Waals surface area contributed by atoms with E-state index >= 15 is 0 Å². The number of nitrogens with zero attached hydrogens (tertiary/aromatic N) is 5. The summed E-state index contributed by atoms with van der Waals surface area (Å²) in [5, 5.41) is 30.8. The van der Waals surface area contributed by atoms with E-state index in [1.807, 2.05) is 12.1 Å². The van der Waals surface area contributed by atoms with Crippen LogP contribution in [0.5, 0.6) is 5.75 Å². The number of halogens is 1. The Morgan fingerprint density at radius 1 is 1.15 bits per heavy atom. The Labute approximate surface area is 153 Å². The first-order chi connectivity index (χ1) is 12.6.